The molecule has 4 fully saturated rings. The minimum absolute atomic E-state index is 0.00644. The van der Waals surface area contributed by atoms with Gasteiger partial charge in [0.15, 0.2) is 5.82 Å². The molecular formula is C42H39F11N6O3. The lowest BCUT2D eigenvalue weighted by Gasteiger charge is -2.41. The zero-order valence-corrected chi connectivity index (χ0v) is 32.8. The normalized spacial score (nSPS) is 23.1. The van der Waals surface area contributed by atoms with E-state index in [1.807, 2.05) is 4.90 Å². The highest BCUT2D eigenvalue weighted by atomic mass is 19.4. The average Bonchev–Trinajstić information content (AvgIpc) is 3.89. The number of rotatable bonds is 9. The van der Waals surface area contributed by atoms with Crippen LogP contribution in [0.1, 0.15) is 56.2 Å². The molecule has 6 heterocycles. The van der Waals surface area contributed by atoms with E-state index in [9.17, 15) is 44.6 Å². The highest BCUT2D eigenvalue weighted by molar-refractivity contribution is 6.03. The van der Waals surface area contributed by atoms with Crippen LogP contribution in [0.3, 0.4) is 0 Å². The number of fused-ring (bicyclic) bond motifs is 6. The molecule has 3 saturated heterocycles. The standard InChI is InChI=1S/C42H39F11N6O3/c1-2-25-27(43)5-3-22-15-24(60)16-26(31(22)25)34-33(44)35-32-29(55-34)7-8-30-28-6-4-23(54-28)17-59(30)36(32)57-37(56-35)61-20-38(11-12-38)19-58-13-9-21(10-14-58)18-62-39(40(45,46)47,41(48,49)50)42(51,52)53/h1,3,5,15-16,21,23,28,30,54,60H,4,6-14,17-20H2/t23-,28+,30-/m1/s1. The van der Waals surface area contributed by atoms with E-state index in [0.29, 0.717) is 61.1 Å². The molecule has 20 heteroatoms. The zero-order chi connectivity index (χ0) is 44.1. The van der Waals surface area contributed by atoms with Crippen molar-refractivity contribution in [2.24, 2.45) is 11.3 Å². The Morgan fingerprint density at radius 1 is 0.887 bits per heavy atom. The van der Waals surface area contributed by atoms with Crippen molar-refractivity contribution in [3.63, 3.8) is 0 Å². The number of ether oxygens (including phenoxy) is 2. The third-order valence-electron chi connectivity index (χ3n) is 13.2. The van der Waals surface area contributed by atoms with Crippen LogP contribution >= 0.6 is 0 Å². The summed E-state index contributed by atoms with van der Waals surface area (Å²) in [7, 11) is 0. The molecule has 1 aliphatic carbocycles. The number of terminal acetylenes is 1. The molecule has 2 N–H and O–H groups in total. The van der Waals surface area contributed by atoms with Gasteiger partial charge in [-0.2, -0.15) is 49.5 Å². The van der Waals surface area contributed by atoms with E-state index in [1.54, 1.807) is 0 Å². The molecule has 2 aromatic heterocycles. The Hall–Kier alpha value is -4.74. The van der Waals surface area contributed by atoms with Crippen LogP contribution in [0, 0.1) is 35.3 Å². The number of phenols is 1. The second-order valence-corrected chi connectivity index (χ2v) is 17.2. The van der Waals surface area contributed by atoms with Gasteiger partial charge in [-0.3, -0.25) is 0 Å². The first-order valence-electron chi connectivity index (χ1n) is 20.3. The summed E-state index contributed by atoms with van der Waals surface area (Å²) in [6, 6.07) is 5.44. The molecule has 2 aromatic carbocycles. The molecular weight excluding hydrogens is 845 g/mol. The number of aromatic hydroxyl groups is 1. The van der Waals surface area contributed by atoms with Crippen LogP contribution in [-0.4, -0.2) is 107 Å². The lowest BCUT2D eigenvalue weighted by atomic mass is 9.95. The van der Waals surface area contributed by atoms with Crippen molar-refractivity contribution >= 4 is 27.5 Å². The van der Waals surface area contributed by atoms with Crippen molar-refractivity contribution in [3.05, 3.63) is 47.2 Å². The van der Waals surface area contributed by atoms with Gasteiger partial charge in [0.1, 0.15) is 28.6 Å². The highest BCUT2D eigenvalue weighted by Gasteiger charge is 2.85. The van der Waals surface area contributed by atoms with Gasteiger partial charge in [0, 0.05) is 47.6 Å². The molecule has 1 saturated carbocycles. The lowest BCUT2D eigenvalue weighted by Crippen LogP contribution is -2.68. The number of likely N-dealkylation sites (tertiary alicyclic amines) is 1. The number of aryl methyl sites for hydroxylation is 1. The summed E-state index contributed by atoms with van der Waals surface area (Å²) in [6.07, 6.45) is -10.3. The molecule has 0 radical (unpaired) electrons. The van der Waals surface area contributed by atoms with Gasteiger partial charge < -0.3 is 29.7 Å². The Labute approximate surface area is 347 Å². The van der Waals surface area contributed by atoms with E-state index < -0.39 is 53.7 Å². The molecule has 0 amide bonds. The summed E-state index contributed by atoms with van der Waals surface area (Å²) < 4.78 is 163. The number of nitrogens with zero attached hydrogens (tertiary/aromatic N) is 5. The number of pyridine rings is 1. The summed E-state index contributed by atoms with van der Waals surface area (Å²) in [6.45, 7) is 0.0107. The Kier molecular flexibility index (Phi) is 10.2. The van der Waals surface area contributed by atoms with Crippen LogP contribution in [0.2, 0.25) is 0 Å². The van der Waals surface area contributed by atoms with E-state index in [0.717, 1.165) is 18.9 Å². The van der Waals surface area contributed by atoms with Crippen molar-refractivity contribution in [2.75, 3.05) is 44.3 Å². The highest BCUT2D eigenvalue weighted by Crippen LogP contribution is 2.55. The molecule has 9 nitrogen and oxygen atoms in total. The predicted molar refractivity (Wildman–Crippen MR) is 202 cm³/mol. The number of halogens is 11. The second-order valence-electron chi connectivity index (χ2n) is 17.2. The Morgan fingerprint density at radius 3 is 2.26 bits per heavy atom. The molecule has 0 unspecified atom stereocenters. The predicted octanol–water partition coefficient (Wildman–Crippen LogP) is 8.38. The van der Waals surface area contributed by atoms with E-state index in [-0.39, 0.29) is 90.1 Å². The molecule has 332 valence electrons. The Balaban J connectivity index is 0.982. The molecule has 62 heavy (non-hydrogen) atoms. The van der Waals surface area contributed by atoms with Gasteiger partial charge in [0.05, 0.1) is 29.9 Å². The lowest BCUT2D eigenvalue weighted by molar-refractivity contribution is -0.458. The van der Waals surface area contributed by atoms with Crippen LogP contribution in [-0.2, 0) is 11.2 Å². The summed E-state index contributed by atoms with van der Waals surface area (Å²) in [4.78, 5) is 18.4. The maximum Gasteiger partial charge on any atom is 0.435 e. The minimum atomic E-state index is -6.79. The maximum atomic E-state index is 17.2. The number of hydrogen-bond donors (Lipinski definition) is 2. The number of piperidine rings is 1. The largest absolute Gasteiger partial charge is 0.508 e. The Morgan fingerprint density at radius 2 is 1.60 bits per heavy atom. The monoisotopic (exact) mass is 884 g/mol. The number of hydrogen-bond acceptors (Lipinski definition) is 9. The van der Waals surface area contributed by atoms with Gasteiger partial charge in [-0.15, -0.1) is 6.42 Å². The van der Waals surface area contributed by atoms with Crippen molar-refractivity contribution < 1.29 is 62.9 Å². The van der Waals surface area contributed by atoms with Crippen molar-refractivity contribution in [2.45, 2.75) is 93.6 Å². The van der Waals surface area contributed by atoms with E-state index >= 15 is 8.78 Å². The average molecular weight is 885 g/mol. The molecule has 4 aromatic rings. The fourth-order valence-corrected chi connectivity index (χ4v) is 9.86. The smallest absolute Gasteiger partial charge is 0.435 e. The van der Waals surface area contributed by atoms with Crippen molar-refractivity contribution in [1.82, 2.24) is 25.2 Å². The fraction of sp³-hybridized carbons (Fsp3) is 0.548. The van der Waals surface area contributed by atoms with Crippen LogP contribution in [0.25, 0.3) is 32.9 Å². The first-order chi connectivity index (χ1) is 29.2. The quantitative estimate of drug-likeness (QED) is 0.127. The number of phenolic OH excluding ortho intramolecular Hbond substituents is 1. The van der Waals surface area contributed by atoms with E-state index in [4.69, 9.17) is 21.1 Å². The van der Waals surface area contributed by atoms with Crippen LogP contribution in [0.5, 0.6) is 11.8 Å². The van der Waals surface area contributed by atoms with Gasteiger partial charge in [0.25, 0.3) is 0 Å². The Bertz CT molecular complexity index is 2420. The minimum Gasteiger partial charge on any atom is -0.508 e. The molecule has 5 aliphatic rings. The maximum absolute atomic E-state index is 17.2. The fourth-order valence-electron chi connectivity index (χ4n) is 9.86. The summed E-state index contributed by atoms with van der Waals surface area (Å²) in [5.41, 5.74) is -6.61. The first-order valence-corrected chi connectivity index (χ1v) is 20.3. The number of benzene rings is 2. The molecule has 4 aliphatic heterocycles. The van der Waals surface area contributed by atoms with Gasteiger partial charge in [-0.25, -0.2) is 13.8 Å². The number of alkyl halides is 9. The van der Waals surface area contributed by atoms with E-state index in [1.165, 1.54) is 18.2 Å². The van der Waals surface area contributed by atoms with Crippen LogP contribution in [0.15, 0.2) is 24.3 Å². The van der Waals surface area contributed by atoms with E-state index in [2.05, 4.69) is 25.9 Å². The van der Waals surface area contributed by atoms with Crippen molar-refractivity contribution in [1.29, 1.82) is 0 Å². The summed E-state index contributed by atoms with van der Waals surface area (Å²) >= 11 is 0. The summed E-state index contributed by atoms with van der Waals surface area (Å²) in [5.74, 6) is 0.0147. The molecule has 9 rings (SSSR count). The number of anilines is 1. The van der Waals surface area contributed by atoms with Gasteiger partial charge >= 0.3 is 30.1 Å². The molecule has 3 atom stereocenters. The second kappa shape index (κ2) is 14.9. The number of piperazine rings is 1. The topological polar surface area (TPSA) is 95.9 Å². The summed E-state index contributed by atoms with van der Waals surface area (Å²) in [5, 5.41) is 15.3. The molecule has 2 bridgehead atoms. The zero-order valence-electron chi connectivity index (χ0n) is 32.8. The van der Waals surface area contributed by atoms with Gasteiger partial charge in [-0.1, -0.05) is 12.0 Å². The van der Waals surface area contributed by atoms with Crippen LogP contribution < -0.4 is 15.0 Å². The third-order valence-corrected chi connectivity index (χ3v) is 13.2. The van der Waals surface area contributed by atoms with Gasteiger partial charge in [-0.05, 0) is 94.0 Å². The number of nitrogens with one attached hydrogen (secondary N) is 1. The molecule has 0 spiro atoms. The first kappa shape index (κ1) is 42.6. The number of aromatic nitrogens is 3. The van der Waals surface area contributed by atoms with Crippen LogP contribution in [0.4, 0.5) is 54.1 Å². The SMILES string of the molecule is C#Cc1c(F)ccc2cc(O)cc(-c3nc4c5c(nc(OCC6(CN7CCC(COC(C(F)(F)F)(C(F)(F)F)C(F)(F)F)CC7)CC6)nc5c3F)N3C[C@H]5CC[C@H](N5)[C@H]3CC4)c12. The van der Waals surface area contributed by atoms with Gasteiger partial charge in [0.2, 0.25) is 0 Å². The third kappa shape index (κ3) is 7.11. The van der Waals surface area contributed by atoms with Crippen molar-refractivity contribution in [3.8, 4) is 35.4 Å².